The Labute approximate surface area is 217 Å². The molecule has 1 heterocycles. The molecule has 0 aliphatic heterocycles. The fourth-order valence-corrected chi connectivity index (χ4v) is 4.39. The molecule has 0 unspecified atom stereocenters. The first-order valence-corrected chi connectivity index (χ1v) is 12.0. The van der Waals surface area contributed by atoms with Gasteiger partial charge in [-0.25, -0.2) is 0 Å². The number of hydrogen-bond acceptors (Lipinski definition) is 4. The Hall–Kier alpha value is -4.08. The third kappa shape index (κ3) is 5.89. The van der Waals surface area contributed by atoms with Gasteiger partial charge in [-0.1, -0.05) is 42.5 Å². The Bertz CT molecular complexity index is 1490. The van der Waals surface area contributed by atoms with Crippen LogP contribution in [0.25, 0.3) is 17.0 Å². The summed E-state index contributed by atoms with van der Waals surface area (Å²) >= 11 is 2.15. The van der Waals surface area contributed by atoms with Gasteiger partial charge in [-0.15, -0.1) is 0 Å². The van der Waals surface area contributed by atoms with Gasteiger partial charge in [0.25, 0.3) is 5.91 Å². The van der Waals surface area contributed by atoms with Crippen LogP contribution < -0.4 is 10.1 Å². The van der Waals surface area contributed by atoms with Crippen LogP contribution in [0, 0.1) is 26.2 Å². The number of benzene rings is 3. The summed E-state index contributed by atoms with van der Waals surface area (Å²) in [6.45, 7) is 0.700. The average Bonchev–Trinajstić information content (AvgIpc) is 3.30. The number of fused-ring (bicyclic) bond motifs is 1. The van der Waals surface area contributed by atoms with Gasteiger partial charge < -0.3 is 15.0 Å². The van der Waals surface area contributed by atoms with E-state index in [1.54, 1.807) is 24.3 Å². The predicted octanol–water partition coefficient (Wildman–Crippen LogP) is 5.49. The van der Waals surface area contributed by atoms with Crippen molar-refractivity contribution in [2.45, 2.75) is 13.0 Å². The number of nitriles is 2. The van der Waals surface area contributed by atoms with Crippen molar-refractivity contribution in [2.75, 3.05) is 6.54 Å². The van der Waals surface area contributed by atoms with Gasteiger partial charge >= 0.3 is 0 Å². The summed E-state index contributed by atoms with van der Waals surface area (Å²) in [5.41, 5.74) is 4.33. The fourth-order valence-electron chi connectivity index (χ4n) is 3.69. The van der Waals surface area contributed by atoms with E-state index in [0.717, 1.165) is 31.2 Å². The van der Waals surface area contributed by atoms with Crippen LogP contribution in [0.2, 0.25) is 0 Å². The van der Waals surface area contributed by atoms with Crippen LogP contribution in [0.4, 0.5) is 0 Å². The second-order valence-corrected chi connectivity index (χ2v) is 8.94. The molecule has 4 rings (SSSR count). The standard InChI is InChI=1S/C28H21IN4O2/c29-25-14-19(9-10-27(25)35-18-22-6-2-1-5-20(22)15-30)13-23(16-31)28(34)32-12-11-21-17-33-26-8-4-3-7-24(21)26/h1-10,13-14,17,33H,11-12,18H2,(H,32,34)/b23-13-. The minimum Gasteiger partial charge on any atom is -0.488 e. The Kier molecular flexibility index (Phi) is 7.81. The molecule has 3 aromatic carbocycles. The molecule has 0 bridgehead atoms. The van der Waals surface area contributed by atoms with E-state index in [0.29, 0.717) is 24.3 Å². The van der Waals surface area contributed by atoms with Crippen LogP contribution in [0.3, 0.4) is 0 Å². The summed E-state index contributed by atoms with van der Waals surface area (Å²) in [6.07, 6.45) is 4.17. The van der Waals surface area contributed by atoms with E-state index in [-0.39, 0.29) is 12.2 Å². The molecule has 1 amide bonds. The van der Waals surface area contributed by atoms with Gasteiger partial charge in [0.15, 0.2) is 0 Å². The molecule has 172 valence electrons. The highest BCUT2D eigenvalue weighted by molar-refractivity contribution is 14.1. The van der Waals surface area contributed by atoms with Crippen molar-refractivity contribution in [3.63, 3.8) is 0 Å². The molecule has 0 fully saturated rings. The number of nitrogens with one attached hydrogen (secondary N) is 2. The zero-order valence-electron chi connectivity index (χ0n) is 18.7. The Morgan fingerprint density at radius 1 is 1.06 bits per heavy atom. The molecule has 0 aliphatic rings. The van der Waals surface area contributed by atoms with Crippen LogP contribution in [-0.4, -0.2) is 17.4 Å². The van der Waals surface area contributed by atoms with Crippen LogP contribution in [0.5, 0.6) is 5.75 Å². The monoisotopic (exact) mass is 572 g/mol. The number of aromatic nitrogens is 1. The first-order chi connectivity index (χ1) is 17.1. The maximum Gasteiger partial charge on any atom is 0.261 e. The van der Waals surface area contributed by atoms with Crippen molar-refractivity contribution < 1.29 is 9.53 Å². The number of halogens is 1. The van der Waals surface area contributed by atoms with E-state index in [1.807, 2.05) is 60.8 Å². The van der Waals surface area contributed by atoms with Crippen LogP contribution in [0.15, 0.2) is 78.5 Å². The van der Waals surface area contributed by atoms with Gasteiger partial charge in [0, 0.05) is 29.2 Å². The molecule has 6 nitrogen and oxygen atoms in total. The third-order valence-electron chi connectivity index (χ3n) is 5.51. The molecular formula is C28H21IN4O2. The number of rotatable bonds is 8. The summed E-state index contributed by atoms with van der Waals surface area (Å²) in [4.78, 5) is 15.8. The number of carbonyl (C=O) groups is 1. The minimum atomic E-state index is -0.407. The zero-order valence-corrected chi connectivity index (χ0v) is 20.9. The first kappa shape index (κ1) is 24.1. The molecule has 0 radical (unpaired) electrons. The molecule has 0 atom stereocenters. The quantitative estimate of drug-likeness (QED) is 0.166. The molecule has 7 heteroatoms. The number of amides is 1. The Morgan fingerprint density at radius 3 is 2.66 bits per heavy atom. The smallest absolute Gasteiger partial charge is 0.261 e. The zero-order chi connectivity index (χ0) is 24.6. The second-order valence-electron chi connectivity index (χ2n) is 7.78. The fraction of sp³-hybridized carbons (Fsp3) is 0.107. The number of carbonyl (C=O) groups excluding carboxylic acids is 1. The van der Waals surface area contributed by atoms with Crippen molar-refractivity contribution in [3.05, 3.63) is 104 Å². The van der Waals surface area contributed by atoms with E-state index >= 15 is 0 Å². The van der Waals surface area contributed by atoms with Crippen molar-refractivity contribution in [2.24, 2.45) is 0 Å². The number of aromatic amines is 1. The largest absolute Gasteiger partial charge is 0.488 e. The minimum absolute atomic E-state index is 0.0383. The van der Waals surface area contributed by atoms with E-state index in [1.165, 1.54) is 0 Å². The van der Waals surface area contributed by atoms with Gasteiger partial charge in [0.2, 0.25) is 0 Å². The lowest BCUT2D eigenvalue weighted by molar-refractivity contribution is -0.117. The predicted molar refractivity (Wildman–Crippen MR) is 143 cm³/mol. The molecule has 0 saturated heterocycles. The van der Waals surface area contributed by atoms with Gasteiger partial charge in [0.1, 0.15) is 24.0 Å². The topological polar surface area (TPSA) is 102 Å². The molecule has 1 aromatic heterocycles. The number of H-pyrrole nitrogens is 1. The maximum absolute atomic E-state index is 12.6. The lowest BCUT2D eigenvalue weighted by Crippen LogP contribution is -2.26. The number of ether oxygens (including phenoxy) is 1. The summed E-state index contributed by atoms with van der Waals surface area (Å²) < 4.78 is 6.73. The number of para-hydroxylation sites is 1. The highest BCUT2D eigenvalue weighted by Crippen LogP contribution is 2.25. The Balaban J connectivity index is 1.38. The summed E-state index contributed by atoms with van der Waals surface area (Å²) in [7, 11) is 0. The molecular weight excluding hydrogens is 551 g/mol. The highest BCUT2D eigenvalue weighted by Gasteiger charge is 2.11. The highest BCUT2D eigenvalue weighted by atomic mass is 127. The van der Waals surface area contributed by atoms with Gasteiger partial charge in [-0.2, -0.15) is 10.5 Å². The Morgan fingerprint density at radius 2 is 1.86 bits per heavy atom. The van der Waals surface area contributed by atoms with Gasteiger partial charge in [-0.3, -0.25) is 4.79 Å². The van der Waals surface area contributed by atoms with Gasteiger partial charge in [0.05, 0.1) is 15.2 Å². The normalized spacial score (nSPS) is 11.0. The SMILES string of the molecule is N#C/C(=C/c1ccc(OCc2ccccc2C#N)c(I)c1)C(=O)NCCc1c[nH]c2ccccc12. The first-order valence-electron chi connectivity index (χ1n) is 10.9. The van der Waals surface area contributed by atoms with Crippen molar-refractivity contribution in [1.29, 1.82) is 10.5 Å². The third-order valence-corrected chi connectivity index (χ3v) is 6.35. The summed E-state index contributed by atoms with van der Waals surface area (Å²) in [5, 5.41) is 22.7. The summed E-state index contributed by atoms with van der Waals surface area (Å²) in [5.74, 6) is 0.257. The van der Waals surface area contributed by atoms with Gasteiger partial charge in [-0.05, 0) is 70.5 Å². The maximum atomic E-state index is 12.6. The lowest BCUT2D eigenvalue weighted by atomic mass is 10.1. The molecule has 4 aromatic rings. The van der Waals surface area contributed by atoms with Crippen molar-refractivity contribution >= 4 is 45.5 Å². The van der Waals surface area contributed by atoms with Crippen molar-refractivity contribution in [1.82, 2.24) is 10.3 Å². The molecule has 0 spiro atoms. The molecule has 35 heavy (non-hydrogen) atoms. The van der Waals surface area contributed by atoms with Crippen LogP contribution in [0.1, 0.15) is 22.3 Å². The van der Waals surface area contributed by atoms with E-state index in [2.05, 4.69) is 39.0 Å². The molecule has 2 N–H and O–H groups in total. The summed E-state index contributed by atoms with van der Waals surface area (Å²) in [6, 6.07) is 24.9. The van der Waals surface area contributed by atoms with Crippen LogP contribution >= 0.6 is 22.6 Å². The molecule has 0 saturated carbocycles. The number of nitrogens with zero attached hydrogens (tertiary/aromatic N) is 2. The lowest BCUT2D eigenvalue weighted by Gasteiger charge is -2.10. The molecule has 0 aliphatic carbocycles. The van der Waals surface area contributed by atoms with Crippen molar-refractivity contribution in [3.8, 4) is 17.9 Å². The van der Waals surface area contributed by atoms with Crippen LogP contribution in [-0.2, 0) is 17.8 Å². The van der Waals surface area contributed by atoms with E-state index in [9.17, 15) is 15.3 Å². The second kappa shape index (κ2) is 11.4. The van der Waals surface area contributed by atoms with E-state index < -0.39 is 5.91 Å². The average molecular weight is 572 g/mol. The number of hydrogen-bond donors (Lipinski definition) is 2. The van der Waals surface area contributed by atoms with E-state index in [4.69, 9.17) is 4.74 Å².